The monoisotopic (exact) mass is 211 g/mol. The van der Waals surface area contributed by atoms with E-state index in [9.17, 15) is 0 Å². The second-order valence-electron chi connectivity index (χ2n) is 3.92. The van der Waals surface area contributed by atoms with Gasteiger partial charge in [-0.25, -0.2) is 0 Å². The Morgan fingerprint density at radius 3 is 3.13 bits per heavy atom. The maximum atomic E-state index is 5.46. The van der Waals surface area contributed by atoms with E-state index in [1.807, 2.05) is 6.07 Å². The van der Waals surface area contributed by atoms with Crippen LogP contribution in [-0.2, 0) is 17.8 Å². The fourth-order valence-corrected chi connectivity index (χ4v) is 1.77. The number of likely N-dealkylation sites (N-methyl/N-ethyl adjacent to an activating group) is 1. The van der Waals surface area contributed by atoms with Crippen molar-refractivity contribution in [2.75, 3.05) is 20.3 Å². The van der Waals surface area contributed by atoms with E-state index in [4.69, 9.17) is 15.0 Å². The SMILES string of the molecule is CN(Cc1cc(CN)no1)C1CCOC1. The van der Waals surface area contributed by atoms with Crippen LogP contribution in [0.2, 0.25) is 0 Å². The van der Waals surface area contributed by atoms with E-state index in [2.05, 4.69) is 17.1 Å². The highest BCUT2D eigenvalue weighted by molar-refractivity contribution is 5.04. The van der Waals surface area contributed by atoms with Crippen LogP contribution in [-0.4, -0.2) is 36.4 Å². The van der Waals surface area contributed by atoms with Crippen molar-refractivity contribution in [3.05, 3.63) is 17.5 Å². The van der Waals surface area contributed by atoms with E-state index in [0.717, 1.165) is 37.6 Å². The first-order valence-corrected chi connectivity index (χ1v) is 5.22. The Hall–Kier alpha value is -0.910. The Labute approximate surface area is 89.2 Å². The molecule has 1 atom stereocenters. The van der Waals surface area contributed by atoms with Gasteiger partial charge in [0.2, 0.25) is 0 Å². The zero-order valence-electron chi connectivity index (χ0n) is 8.98. The molecule has 15 heavy (non-hydrogen) atoms. The van der Waals surface area contributed by atoms with Crippen molar-refractivity contribution in [2.45, 2.75) is 25.6 Å². The summed E-state index contributed by atoms with van der Waals surface area (Å²) in [5.74, 6) is 0.866. The van der Waals surface area contributed by atoms with Crippen LogP contribution >= 0.6 is 0 Å². The Bertz CT molecular complexity index is 307. The Kier molecular flexibility index (Phi) is 3.35. The molecule has 1 aliphatic rings. The molecule has 0 amide bonds. The van der Waals surface area contributed by atoms with Gasteiger partial charge in [0.15, 0.2) is 5.76 Å². The van der Waals surface area contributed by atoms with Gasteiger partial charge in [-0.1, -0.05) is 5.16 Å². The molecule has 0 saturated carbocycles. The third kappa shape index (κ3) is 2.56. The summed E-state index contributed by atoms with van der Waals surface area (Å²) in [5.41, 5.74) is 6.27. The molecule has 1 saturated heterocycles. The van der Waals surface area contributed by atoms with Gasteiger partial charge in [0.05, 0.1) is 18.8 Å². The lowest BCUT2D eigenvalue weighted by Crippen LogP contribution is -2.31. The maximum Gasteiger partial charge on any atom is 0.151 e. The highest BCUT2D eigenvalue weighted by Crippen LogP contribution is 2.14. The number of nitrogens with two attached hydrogens (primary N) is 1. The van der Waals surface area contributed by atoms with Crippen LogP contribution in [0, 0.1) is 0 Å². The Morgan fingerprint density at radius 2 is 2.53 bits per heavy atom. The van der Waals surface area contributed by atoms with Gasteiger partial charge in [-0.2, -0.15) is 0 Å². The molecule has 5 nitrogen and oxygen atoms in total. The van der Waals surface area contributed by atoms with Crippen LogP contribution in [0.15, 0.2) is 10.6 Å². The summed E-state index contributed by atoms with van der Waals surface area (Å²) in [6.45, 7) is 2.87. The molecule has 0 aliphatic carbocycles. The highest BCUT2D eigenvalue weighted by Gasteiger charge is 2.21. The van der Waals surface area contributed by atoms with Gasteiger partial charge in [0.1, 0.15) is 0 Å². The lowest BCUT2D eigenvalue weighted by atomic mass is 10.2. The third-order valence-corrected chi connectivity index (χ3v) is 2.75. The second kappa shape index (κ2) is 4.74. The number of rotatable bonds is 4. The molecule has 0 radical (unpaired) electrons. The van der Waals surface area contributed by atoms with Crippen molar-refractivity contribution in [1.82, 2.24) is 10.1 Å². The number of aromatic nitrogens is 1. The lowest BCUT2D eigenvalue weighted by Gasteiger charge is -2.20. The number of hydrogen-bond acceptors (Lipinski definition) is 5. The van der Waals surface area contributed by atoms with Crippen LogP contribution in [0.3, 0.4) is 0 Å². The normalized spacial score (nSPS) is 21.4. The van der Waals surface area contributed by atoms with Crippen LogP contribution in [0.1, 0.15) is 17.9 Å². The summed E-state index contributed by atoms with van der Waals surface area (Å²) in [6.07, 6.45) is 1.09. The molecule has 5 heteroatoms. The van der Waals surface area contributed by atoms with Gasteiger partial charge < -0.3 is 15.0 Å². The molecule has 84 valence electrons. The van der Waals surface area contributed by atoms with Gasteiger partial charge in [-0.3, -0.25) is 4.90 Å². The third-order valence-electron chi connectivity index (χ3n) is 2.75. The summed E-state index contributed by atoms with van der Waals surface area (Å²) < 4.78 is 10.5. The topological polar surface area (TPSA) is 64.5 Å². The largest absolute Gasteiger partial charge is 0.380 e. The molecular weight excluding hydrogens is 194 g/mol. The second-order valence-corrected chi connectivity index (χ2v) is 3.92. The van der Waals surface area contributed by atoms with Crippen LogP contribution in [0.4, 0.5) is 0 Å². The van der Waals surface area contributed by atoms with Gasteiger partial charge in [-0.15, -0.1) is 0 Å². The maximum absolute atomic E-state index is 5.46. The van der Waals surface area contributed by atoms with E-state index < -0.39 is 0 Å². The summed E-state index contributed by atoms with van der Waals surface area (Å²) in [7, 11) is 2.07. The van der Waals surface area contributed by atoms with Crippen molar-refractivity contribution in [2.24, 2.45) is 5.73 Å². The molecule has 2 heterocycles. The van der Waals surface area contributed by atoms with Crippen molar-refractivity contribution in [1.29, 1.82) is 0 Å². The van der Waals surface area contributed by atoms with Gasteiger partial charge in [-0.05, 0) is 13.5 Å². The fraction of sp³-hybridized carbons (Fsp3) is 0.700. The zero-order chi connectivity index (χ0) is 10.7. The van der Waals surface area contributed by atoms with E-state index in [1.54, 1.807) is 0 Å². The van der Waals surface area contributed by atoms with Crippen LogP contribution in [0.25, 0.3) is 0 Å². The number of nitrogens with zero attached hydrogens (tertiary/aromatic N) is 2. The van der Waals surface area contributed by atoms with E-state index in [-0.39, 0.29) is 0 Å². The van der Waals surface area contributed by atoms with Crippen LogP contribution < -0.4 is 5.73 Å². The minimum absolute atomic E-state index is 0.430. The molecule has 0 bridgehead atoms. The molecule has 0 spiro atoms. The number of ether oxygens (including phenoxy) is 1. The minimum Gasteiger partial charge on any atom is -0.380 e. The van der Waals surface area contributed by atoms with Crippen LogP contribution in [0.5, 0.6) is 0 Å². The number of hydrogen-bond donors (Lipinski definition) is 1. The summed E-state index contributed by atoms with van der Waals surface area (Å²) in [6, 6.07) is 2.41. The molecule has 1 fully saturated rings. The predicted molar refractivity (Wildman–Crippen MR) is 55.1 cm³/mol. The van der Waals surface area contributed by atoms with Crippen molar-refractivity contribution >= 4 is 0 Å². The first-order chi connectivity index (χ1) is 7.29. The first-order valence-electron chi connectivity index (χ1n) is 5.22. The zero-order valence-corrected chi connectivity index (χ0v) is 8.98. The molecule has 2 N–H and O–H groups in total. The average Bonchev–Trinajstić information content (AvgIpc) is 2.87. The standard InChI is InChI=1S/C10H17N3O2/c1-13(9-2-3-14-7-9)6-10-4-8(5-11)12-15-10/h4,9H,2-3,5-7,11H2,1H3. The highest BCUT2D eigenvalue weighted by atomic mass is 16.5. The van der Waals surface area contributed by atoms with Crippen molar-refractivity contribution in [3.8, 4) is 0 Å². The summed E-state index contributed by atoms with van der Waals surface area (Å²) in [5, 5.41) is 3.86. The molecule has 1 aromatic rings. The summed E-state index contributed by atoms with van der Waals surface area (Å²) in [4.78, 5) is 2.23. The molecular formula is C10H17N3O2. The van der Waals surface area contributed by atoms with E-state index in [0.29, 0.717) is 12.6 Å². The quantitative estimate of drug-likeness (QED) is 0.778. The molecule has 0 aromatic carbocycles. The Morgan fingerprint density at radius 1 is 1.67 bits per heavy atom. The average molecular weight is 211 g/mol. The Balaban J connectivity index is 1.89. The van der Waals surface area contributed by atoms with Gasteiger partial charge >= 0.3 is 0 Å². The molecule has 1 aliphatic heterocycles. The van der Waals surface area contributed by atoms with Crippen molar-refractivity contribution in [3.63, 3.8) is 0 Å². The van der Waals surface area contributed by atoms with Gasteiger partial charge in [0.25, 0.3) is 0 Å². The molecule has 1 aromatic heterocycles. The first kappa shape index (κ1) is 10.6. The van der Waals surface area contributed by atoms with E-state index in [1.165, 1.54) is 0 Å². The predicted octanol–water partition coefficient (Wildman–Crippen LogP) is 0.354. The molecule has 1 unspecified atom stereocenters. The van der Waals surface area contributed by atoms with E-state index >= 15 is 0 Å². The minimum atomic E-state index is 0.430. The fourth-order valence-electron chi connectivity index (χ4n) is 1.77. The molecule has 2 rings (SSSR count). The van der Waals surface area contributed by atoms with Gasteiger partial charge in [0, 0.05) is 25.3 Å². The van der Waals surface area contributed by atoms with Crippen molar-refractivity contribution < 1.29 is 9.26 Å². The lowest BCUT2D eigenvalue weighted by molar-refractivity contribution is 0.150. The smallest absolute Gasteiger partial charge is 0.151 e. The summed E-state index contributed by atoms with van der Waals surface area (Å²) >= 11 is 0.